The van der Waals surface area contributed by atoms with Crippen LogP contribution in [0.5, 0.6) is 0 Å². The molecule has 0 saturated carbocycles. The summed E-state index contributed by atoms with van der Waals surface area (Å²) in [6.07, 6.45) is 7.45. The lowest BCUT2D eigenvalue weighted by atomic mass is 10.1. The van der Waals surface area contributed by atoms with Crippen LogP contribution in [0, 0.1) is 0 Å². The molecule has 0 fully saturated rings. The van der Waals surface area contributed by atoms with E-state index >= 15 is 0 Å². The molecule has 4 N–H and O–H groups in total. The second-order valence-corrected chi connectivity index (χ2v) is 4.74. The van der Waals surface area contributed by atoms with Crippen LogP contribution in [0.2, 0.25) is 0 Å². The third-order valence-electron chi connectivity index (χ3n) is 2.86. The average molecular weight is 286 g/mol. The van der Waals surface area contributed by atoms with E-state index in [1.807, 2.05) is 0 Å². The molecular weight excluding hydrogens is 256 g/mol. The van der Waals surface area contributed by atoms with Crippen molar-refractivity contribution in [2.75, 3.05) is 33.4 Å². The van der Waals surface area contributed by atoms with Crippen LogP contribution in [-0.4, -0.2) is 45.2 Å². The van der Waals surface area contributed by atoms with Crippen LogP contribution < -0.4 is 16.4 Å². The van der Waals surface area contributed by atoms with Crippen LogP contribution in [0.4, 0.5) is 0 Å². The summed E-state index contributed by atoms with van der Waals surface area (Å²) in [7, 11) is 1.59. The first-order valence-electron chi connectivity index (χ1n) is 7.50. The van der Waals surface area contributed by atoms with E-state index in [0.29, 0.717) is 19.1 Å². The van der Waals surface area contributed by atoms with E-state index in [0.717, 1.165) is 13.0 Å². The van der Waals surface area contributed by atoms with Crippen molar-refractivity contribution in [3.05, 3.63) is 0 Å². The monoisotopic (exact) mass is 286 g/mol. The number of guanidine groups is 1. The fourth-order valence-electron chi connectivity index (χ4n) is 1.68. The standard InChI is InChI=1S/C14H30N4O2/c1-3-4-5-6-7-8-9-17-14(15)18-12-13(19)16-10-11-20-2/h3-12H2,1-2H3,(H,16,19)(H3,15,17,18). The molecule has 0 aliphatic rings. The van der Waals surface area contributed by atoms with Crippen molar-refractivity contribution in [1.29, 1.82) is 0 Å². The molecule has 0 aromatic rings. The lowest BCUT2D eigenvalue weighted by molar-refractivity contribution is -0.119. The molecule has 0 aliphatic heterocycles. The quantitative estimate of drug-likeness (QED) is 0.284. The third kappa shape index (κ3) is 13.1. The highest BCUT2D eigenvalue weighted by Crippen LogP contribution is 2.03. The molecule has 0 atom stereocenters. The van der Waals surface area contributed by atoms with Crippen molar-refractivity contribution in [2.24, 2.45) is 10.7 Å². The Hall–Kier alpha value is -1.30. The number of rotatable bonds is 12. The maximum atomic E-state index is 11.3. The maximum Gasteiger partial charge on any atom is 0.241 e. The largest absolute Gasteiger partial charge is 0.383 e. The molecular formula is C14H30N4O2. The molecule has 0 rings (SSSR count). The van der Waals surface area contributed by atoms with E-state index in [-0.39, 0.29) is 12.5 Å². The Morgan fingerprint density at radius 1 is 1.10 bits per heavy atom. The zero-order chi connectivity index (χ0) is 15.1. The minimum Gasteiger partial charge on any atom is -0.383 e. The fourth-order valence-corrected chi connectivity index (χ4v) is 1.68. The van der Waals surface area contributed by atoms with Gasteiger partial charge in [-0.05, 0) is 6.42 Å². The Morgan fingerprint density at radius 3 is 2.50 bits per heavy atom. The van der Waals surface area contributed by atoms with E-state index in [1.165, 1.54) is 32.1 Å². The fraction of sp³-hybridized carbons (Fsp3) is 0.857. The molecule has 0 spiro atoms. The third-order valence-corrected chi connectivity index (χ3v) is 2.86. The van der Waals surface area contributed by atoms with Crippen molar-refractivity contribution in [2.45, 2.75) is 45.4 Å². The number of carbonyl (C=O) groups is 1. The average Bonchev–Trinajstić information content (AvgIpc) is 2.44. The van der Waals surface area contributed by atoms with Gasteiger partial charge in [0, 0.05) is 20.2 Å². The van der Waals surface area contributed by atoms with Gasteiger partial charge in [-0.2, -0.15) is 0 Å². The Bertz CT molecular complexity index is 270. The number of nitrogens with two attached hydrogens (primary N) is 1. The van der Waals surface area contributed by atoms with Gasteiger partial charge in [0.15, 0.2) is 5.96 Å². The molecule has 6 heteroatoms. The van der Waals surface area contributed by atoms with Crippen LogP contribution in [0.15, 0.2) is 4.99 Å². The second kappa shape index (κ2) is 14.1. The zero-order valence-electron chi connectivity index (χ0n) is 12.9. The number of nitrogens with zero attached hydrogens (tertiary/aromatic N) is 1. The van der Waals surface area contributed by atoms with Crippen LogP contribution in [0.25, 0.3) is 0 Å². The van der Waals surface area contributed by atoms with E-state index in [4.69, 9.17) is 10.5 Å². The summed E-state index contributed by atoms with van der Waals surface area (Å²) >= 11 is 0. The number of methoxy groups -OCH3 is 1. The topological polar surface area (TPSA) is 88.7 Å². The summed E-state index contributed by atoms with van der Waals surface area (Å²) in [6, 6.07) is 0. The molecule has 0 bridgehead atoms. The Labute approximate surface area is 122 Å². The van der Waals surface area contributed by atoms with Gasteiger partial charge in [0.25, 0.3) is 0 Å². The summed E-state index contributed by atoms with van der Waals surface area (Å²) in [5.74, 6) is 0.187. The van der Waals surface area contributed by atoms with Gasteiger partial charge in [-0.1, -0.05) is 39.0 Å². The number of ether oxygens (including phenoxy) is 1. The highest BCUT2D eigenvalue weighted by molar-refractivity contribution is 5.83. The van der Waals surface area contributed by atoms with Crippen molar-refractivity contribution in [1.82, 2.24) is 10.6 Å². The predicted molar refractivity (Wildman–Crippen MR) is 82.8 cm³/mol. The SMILES string of the molecule is CCCCCCCCNC(N)=NCC(=O)NCCOC. The summed E-state index contributed by atoms with van der Waals surface area (Å²) in [5.41, 5.74) is 5.67. The molecule has 1 amide bonds. The maximum absolute atomic E-state index is 11.3. The second-order valence-electron chi connectivity index (χ2n) is 4.74. The molecule has 0 heterocycles. The van der Waals surface area contributed by atoms with Gasteiger partial charge in [-0.15, -0.1) is 0 Å². The molecule has 0 aromatic heterocycles. The highest BCUT2D eigenvalue weighted by Gasteiger charge is 1.99. The Morgan fingerprint density at radius 2 is 1.80 bits per heavy atom. The molecule has 0 radical (unpaired) electrons. The normalized spacial score (nSPS) is 11.4. The molecule has 0 aromatic carbocycles. The van der Waals surface area contributed by atoms with Gasteiger partial charge in [0.05, 0.1) is 6.61 Å². The van der Waals surface area contributed by atoms with Crippen molar-refractivity contribution in [3.63, 3.8) is 0 Å². The van der Waals surface area contributed by atoms with Gasteiger partial charge >= 0.3 is 0 Å². The molecule has 20 heavy (non-hydrogen) atoms. The van der Waals surface area contributed by atoms with Gasteiger partial charge in [-0.3, -0.25) is 4.79 Å². The van der Waals surface area contributed by atoms with Gasteiger partial charge in [-0.25, -0.2) is 4.99 Å². The van der Waals surface area contributed by atoms with Crippen LogP contribution in [-0.2, 0) is 9.53 Å². The molecule has 0 saturated heterocycles. The van der Waals surface area contributed by atoms with Crippen molar-refractivity contribution < 1.29 is 9.53 Å². The Balaban J connectivity index is 3.48. The summed E-state index contributed by atoms with van der Waals surface area (Å²) in [4.78, 5) is 15.3. The number of hydrogen-bond donors (Lipinski definition) is 3. The number of amides is 1. The lowest BCUT2D eigenvalue weighted by Gasteiger charge is -2.06. The van der Waals surface area contributed by atoms with E-state index in [1.54, 1.807) is 7.11 Å². The number of aliphatic imine (C=N–C) groups is 1. The molecule has 0 aliphatic carbocycles. The minimum absolute atomic E-state index is 0.0546. The minimum atomic E-state index is -0.147. The van der Waals surface area contributed by atoms with Gasteiger partial charge in [0.2, 0.25) is 5.91 Å². The summed E-state index contributed by atoms with van der Waals surface area (Å²) < 4.78 is 4.83. The number of unbranched alkanes of at least 4 members (excludes halogenated alkanes) is 5. The van der Waals surface area contributed by atoms with Crippen LogP contribution in [0.3, 0.4) is 0 Å². The van der Waals surface area contributed by atoms with E-state index < -0.39 is 0 Å². The number of hydrogen-bond acceptors (Lipinski definition) is 3. The van der Waals surface area contributed by atoms with Crippen LogP contribution >= 0.6 is 0 Å². The first-order valence-corrected chi connectivity index (χ1v) is 7.50. The Kier molecular flexibility index (Phi) is 13.2. The van der Waals surface area contributed by atoms with Crippen LogP contribution in [0.1, 0.15) is 45.4 Å². The molecule has 0 unspecified atom stereocenters. The molecule has 6 nitrogen and oxygen atoms in total. The lowest BCUT2D eigenvalue weighted by Crippen LogP contribution is -2.35. The summed E-state index contributed by atoms with van der Waals surface area (Å²) in [5, 5.41) is 5.70. The highest BCUT2D eigenvalue weighted by atomic mass is 16.5. The molecule has 118 valence electrons. The van der Waals surface area contributed by atoms with Crippen molar-refractivity contribution >= 4 is 11.9 Å². The summed E-state index contributed by atoms with van der Waals surface area (Å²) in [6.45, 7) is 4.08. The number of nitrogens with one attached hydrogen (secondary N) is 2. The van der Waals surface area contributed by atoms with Crippen molar-refractivity contribution in [3.8, 4) is 0 Å². The smallest absolute Gasteiger partial charge is 0.241 e. The zero-order valence-corrected chi connectivity index (χ0v) is 12.9. The first-order chi connectivity index (χ1) is 9.70. The van der Waals surface area contributed by atoms with Gasteiger partial charge < -0.3 is 21.1 Å². The first kappa shape index (κ1) is 18.7. The number of carbonyl (C=O) groups excluding carboxylic acids is 1. The van der Waals surface area contributed by atoms with Gasteiger partial charge in [0.1, 0.15) is 6.54 Å². The van der Waals surface area contributed by atoms with E-state index in [9.17, 15) is 4.79 Å². The van der Waals surface area contributed by atoms with E-state index in [2.05, 4.69) is 22.5 Å². The predicted octanol–water partition coefficient (Wildman–Crippen LogP) is 1.01.